The first-order valence-corrected chi connectivity index (χ1v) is 11.0. The number of rotatable bonds is 2. The number of aromatic nitrogens is 2. The van der Waals surface area contributed by atoms with Crippen LogP contribution in [0.4, 0.5) is 0 Å². The van der Waals surface area contributed by atoms with Crippen LogP contribution >= 0.6 is 0 Å². The van der Waals surface area contributed by atoms with Crippen LogP contribution in [0.5, 0.6) is 0 Å². The summed E-state index contributed by atoms with van der Waals surface area (Å²) in [5.41, 5.74) is 6.10. The fraction of sp³-hybridized carbons (Fsp3) is 0. The molecule has 2 aromatic heterocycles. The number of hydrogen-bond donors (Lipinski definition) is 0. The second-order valence-corrected chi connectivity index (χ2v) is 8.26. The topological polar surface area (TPSA) is 9.86 Å². The number of para-hydroxylation sites is 2. The molecule has 0 unspecified atom stereocenters. The van der Waals surface area contributed by atoms with E-state index in [0.717, 1.165) is 0 Å². The molecule has 0 saturated heterocycles. The van der Waals surface area contributed by atoms with Crippen molar-refractivity contribution in [2.75, 3.05) is 0 Å². The zero-order valence-electron chi connectivity index (χ0n) is 17.4. The lowest BCUT2D eigenvalue weighted by Crippen LogP contribution is -1.95. The standard InChI is InChI=1S/C30H20N2/c1-2-11-22(12-3-1)31-20-19-25-26(31)17-18-29-30(25)24-14-6-7-15-28(24)32(29)27-16-8-10-21-9-4-5-13-23(21)27/h1-20H. The van der Waals surface area contributed by atoms with E-state index >= 15 is 0 Å². The van der Waals surface area contributed by atoms with Gasteiger partial charge in [0.25, 0.3) is 0 Å². The van der Waals surface area contributed by atoms with Crippen molar-refractivity contribution >= 4 is 43.5 Å². The molecule has 32 heavy (non-hydrogen) atoms. The first kappa shape index (κ1) is 17.4. The van der Waals surface area contributed by atoms with Crippen molar-refractivity contribution in [1.29, 1.82) is 0 Å². The summed E-state index contributed by atoms with van der Waals surface area (Å²) in [6, 6.07) is 41.3. The third kappa shape index (κ3) is 2.35. The third-order valence-corrected chi connectivity index (χ3v) is 6.55. The van der Waals surface area contributed by atoms with Crippen LogP contribution in [-0.2, 0) is 0 Å². The molecule has 0 bridgehead atoms. The first-order chi connectivity index (χ1) is 15.9. The normalized spacial score (nSPS) is 11.8. The molecule has 0 saturated carbocycles. The Morgan fingerprint density at radius 1 is 0.438 bits per heavy atom. The van der Waals surface area contributed by atoms with Gasteiger partial charge in [0.15, 0.2) is 0 Å². The third-order valence-electron chi connectivity index (χ3n) is 6.55. The van der Waals surface area contributed by atoms with E-state index in [4.69, 9.17) is 0 Å². The van der Waals surface area contributed by atoms with E-state index in [1.165, 1.54) is 54.9 Å². The summed E-state index contributed by atoms with van der Waals surface area (Å²) in [5.74, 6) is 0. The van der Waals surface area contributed by atoms with Gasteiger partial charge in [-0.1, -0.05) is 72.8 Å². The maximum atomic E-state index is 2.42. The smallest absolute Gasteiger partial charge is 0.0548 e. The largest absolute Gasteiger partial charge is 0.317 e. The van der Waals surface area contributed by atoms with Crippen LogP contribution in [0.3, 0.4) is 0 Å². The average molecular weight is 409 g/mol. The highest BCUT2D eigenvalue weighted by Gasteiger charge is 2.17. The Bertz CT molecular complexity index is 1760. The summed E-state index contributed by atoms with van der Waals surface area (Å²) >= 11 is 0. The van der Waals surface area contributed by atoms with Crippen molar-refractivity contribution in [2.45, 2.75) is 0 Å². The van der Waals surface area contributed by atoms with Gasteiger partial charge in [0.05, 0.1) is 22.2 Å². The number of fused-ring (bicyclic) bond motifs is 6. The molecule has 2 nitrogen and oxygen atoms in total. The highest BCUT2D eigenvalue weighted by Crippen LogP contribution is 2.39. The molecule has 0 atom stereocenters. The minimum atomic E-state index is 1.18. The number of hydrogen-bond acceptors (Lipinski definition) is 0. The number of nitrogens with zero attached hydrogens (tertiary/aromatic N) is 2. The molecule has 0 aliphatic heterocycles. The molecule has 0 spiro atoms. The molecule has 2 heteroatoms. The molecule has 5 aromatic carbocycles. The maximum absolute atomic E-state index is 2.42. The zero-order valence-corrected chi connectivity index (χ0v) is 17.4. The Labute approximate surface area is 185 Å². The van der Waals surface area contributed by atoms with Crippen LogP contribution in [-0.4, -0.2) is 9.13 Å². The Hall–Kier alpha value is -4.30. The summed E-state index contributed by atoms with van der Waals surface area (Å²) in [4.78, 5) is 0. The van der Waals surface area contributed by atoms with Crippen molar-refractivity contribution < 1.29 is 0 Å². The minimum absolute atomic E-state index is 1.18. The van der Waals surface area contributed by atoms with Gasteiger partial charge in [0.1, 0.15) is 0 Å². The molecular weight excluding hydrogens is 388 g/mol. The van der Waals surface area contributed by atoms with Crippen molar-refractivity contribution in [3.63, 3.8) is 0 Å². The Kier molecular flexibility index (Phi) is 3.58. The molecule has 0 aliphatic carbocycles. The zero-order chi connectivity index (χ0) is 21.1. The van der Waals surface area contributed by atoms with Gasteiger partial charge >= 0.3 is 0 Å². The summed E-state index contributed by atoms with van der Waals surface area (Å²) in [6.45, 7) is 0. The molecule has 0 fully saturated rings. The van der Waals surface area contributed by atoms with Gasteiger partial charge in [-0.05, 0) is 47.9 Å². The molecular formula is C30H20N2. The average Bonchev–Trinajstić information content (AvgIpc) is 3.43. The van der Waals surface area contributed by atoms with Gasteiger partial charge in [0.2, 0.25) is 0 Å². The van der Waals surface area contributed by atoms with Gasteiger partial charge in [-0.3, -0.25) is 0 Å². The fourth-order valence-electron chi connectivity index (χ4n) is 5.16. The molecule has 7 rings (SSSR count). The molecule has 2 heterocycles. The first-order valence-electron chi connectivity index (χ1n) is 11.0. The lowest BCUT2D eigenvalue weighted by molar-refractivity contribution is 1.13. The lowest BCUT2D eigenvalue weighted by Gasteiger charge is -2.11. The van der Waals surface area contributed by atoms with Crippen LogP contribution in [0.15, 0.2) is 121 Å². The van der Waals surface area contributed by atoms with E-state index in [0.29, 0.717) is 0 Å². The second-order valence-electron chi connectivity index (χ2n) is 8.26. The predicted molar refractivity (Wildman–Crippen MR) is 135 cm³/mol. The molecule has 0 radical (unpaired) electrons. The minimum Gasteiger partial charge on any atom is -0.317 e. The Balaban J connectivity index is 1.63. The van der Waals surface area contributed by atoms with E-state index in [-0.39, 0.29) is 0 Å². The molecule has 150 valence electrons. The lowest BCUT2D eigenvalue weighted by atomic mass is 10.1. The molecule has 0 N–H and O–H groups in total. The summed E-state index contributed by atoms with van der Waals surface area (Å²) in [5, 5.41) is 6.39. The van der Waals surface area contributed by atoms with Crippen molar-refractivity contribution in [1.82, 2.24) is 9.13 Å². The Morgan fingerprint density at radius 3 is 2.03 bits per heavy atom. The second kappa shape index (κ2) is 6.60. The number of benzene rings is 5. The van der Waals surface area contributed by atoms with Crippen LogP contribution in [0.25, 0.3) is 54.9 Å². The van der Waals surface area contributed by atoms with E-state index in [2.05, 4.69) is 131 Å². The monoisotopic (exact) mass is 408 g/mol. The Morgan fingerprint density at radius 2 is 1.12 bits per heavy atom. The van der Waals surface area contributed by atoms with Crippen molar-refractivity contribution in [3.8, 4) is 11.4 Å². The SMILES string of the molecule is c1ccc(-n2ccc3c4c5ccccc5n(-c5cccc6ccccc56)c4ccc32)cc1. The highest BCUT2D eigenvalue weighted by atomic mass is 15.0. The quantitative estimate of drug-likeness (QED) is 0.275. The predicted octanol–water partition coefficient (Wildman–Crippen LogP) is 7.88. The van der Waals surface area contributed by atoms with Crippen LogP contribution in [0, 0.1) is 0 Å². The molecule has 0 aliphatic rings. The maximum Gasteiger partial charge on any atom is 0.0548 e. The summed E-state index contributed by atoms with van der Waals surface area (Å²) in [6.07, 6.45) is 2.18. The van der Waals surface area contributed by atoms with Crippen LogP contribution in [0.1, 0.15) is 0 Å². The molecule has 7 aromatic rings. The van der Waals surface area contributed by atoms with Gasteiger partial charge in [-0.25, -0.2) is 0 Å². The summed E-state index contributed by atoms with van der Waals surface area (Å²) < 4.78 is 4.70. The van der Waals surface area contributed by atoms with E-state index < -0.39 is 0 Å². The highest BCUT2D eigenvalue weighted by molar-refractivity contribution is 6.21. The van der Waals surface area contributed by atoms with Gasteiger partial charge in [-0.2, -0.15) is 0 Å². The van der Waals surface area contributed by atoms with Gasteiger partial charge < -0.3 is 9.13 Å². The van der Waals surface area contributed by atoms with Crippen molar-refractivity contribution in [3.05, 3.63) is 121 Å². The van der Waals surface area contributed by atoms with Crippen LogP contribution in [0.2, 0.25) is 0 Å². The summed E-state index contributed by atoms with van der Waals surface area (Å²) in [7, 11) is 0. The fourth-order valence-corrected chi connectivity index (χ4v) is 5.16. The van der Waals surface area contributed by atoms with Gasteiger partial charge in [-0.15, -0.1) is 0 Å². The van der Waals surface area contributed by atoms with Crippen LogP contribution < -0.4 is 0 Å². The molecule has 0 amide bonds. The van der Waals surface area contributed by atoms with Crippen molar-refractivity contribution in [2.24, 2.45) is 0 Å². The van der Waals surface area contributed by atoms with E-state index in [1.807, 2.05) is 0 Å². The van der Waals surface area contributed by atoms with E-state index in [9.17, 15) is 0 Å². The van der Waals surface area contributed by atoms with E-state index in [1.54, 1.807) is 0 Å². The van der Waals surface area contributed by atoms with Gasteiger partial charge in [0, 0.05) is 33.4 Å².